The highest BCUT2D eigenvalue weighted by atomic mass is 19.4. The van der Waals surface area contributed by atoms with E-state index in [9.17, 15) is 45.9 Å². The number of aromatic nitrogens is 10. The minimum atomic E-state index is -4.78. The summed E-state index contributed by atoms with van der Waals surface area (Å²) in [7, 11) is 0. The van der Waals surface area contributed by atoms with Gasteiger partial charge in [0.15, 0.2) is 40.0 Å². The minimum Gasteiger partial charge on any atom is -0.491 e. The summed E-state index contributed by atoms with van der Waals surface area (Å²) < 4.78 is 79.1. The molecule has 572 valence electrons. The highest BCUT2D eigenvalue weighted by molar-refractivity contribution is 6.00. The van der Waals surface area contributed by atoms with Gasteiger partial charge in [-0.2, -0.15) is 38.7 Å². The molecule has 0 unspecified atom stereocenters. The number of amides is 5. The van der Waals surface area contributed by atoms with Crippen LogP contribution in [0.2, 0.25) is 0 Å². The van der Waals surface area contributed by atoms with Gasteiger partial charge in [0.05, 0.1) is 74.9 Å². The molecule has 0 aliphatic heterocycles. The lowest BCUT2D eigenvalue weighted by Crippen LogP contribution is -2.19. The molecule has 29 nitrogen and oxygen atoms in total. The number of ether oxygens (including phenoxy) is 1. The number of rotatable bonds is 21. The Morgan fingerprint density at radius 2 is 0.748 bits per heavy atom. The summed E-state index contributed by atoms with van der Waals surface area (Å²) in [5.74, 6) is -4.47. The number of hydrogen-bond acceptors (Lipinski definition) is 19. The SMILES string of the molecule is CCOc1cc(CN)cc(F)c1-n1nc(C(C)C)c(N)c1C(N)=O.CCc1ccc(-n2nc(C(C)C)c(N)c2C(N)=O)c(F)c1.CCc1ccc(-n2nc(C(C)C)c(N)c2C(N)=O)cc1.Cc1cc(CN)ccc1-n1nc(C(C)C)c(N)c1C(N)=O.NCc1ccc(-n2nc(C(F)(F)F)c(N)c2C(N)=O)cc1. The maximum Gasteiger partial charge on any atom is 0.437 e. The molecule has 5 heterocycles. The zero-order valence-corrected chi connectivity index (χ0v) is 61.6. The average molecular weight is 1480 g/mol. The summed E-state index contributed by atoms with van der Waals surface area (Å²) in [6.07, 6.45) is -3.10. The molecule has 5 aromatic heterocycles. The molecule has 107 heavy (non-hydrogen) atoms. The lowest BCUT2D eigenvalue weighted by Gasteiger charge is -2.14. The molecular weight excluding hydrogens is 1390 g/mol. The van der Waals surface area contributed by atoms with Crippen molar-refractivity contribution >= 4 is 58.0 Å². The minimum absolute atomic E-state index is 0.00215. The van der Waals surface area contributed by atoms with E-state index in [1.807, 2.05) is 112 Å². The molecule has 0 spiro atoms. The molecule has 5 amide bonds. The quantitative estimate of drug-likeness (QED) is 0.0299. The van der Waals surface area contributed by atoms with Crippen LogP contribution >= 0.6 is 0 Å². The monoisotopic (exact) mass is 1480 g/mol. The third-order valence-electron chi connectivity index (χ3n) is 16.6. The maximum atomic E-state index is 14.7. The van der Waals surface area contributed by atoms with Crippen molar-refractivity contribution in [3.05, 3.63) is 199 Å². The summed E-state index contributed by atoms with van der Waals surface area (Å²) in [5.41, 5.74) is 81.4. The van der Waals surface area contributed by atoms with Gasteiger partial charge in [-0.05, 0) is 138 Å². The first-order chi connectivity index (χ1) is 50.2. The first-order valence-electron chi connectivity index (χ1n) is 33.9. The number of nitrogens with two attached hydrogens (primary N) is 13. The zero-order valence-electron chi connectivity index (χ0n) is 61.6. The Kier molecular flexibility index (Phi) is 27.8. The van der Waals surface area contributed by atoms with Crippen LogP contribution < -0.4 is 79.3 Å². The smallest absolute Gasteiger partial charge is 0.437 e. The number of anilines is 5. The fourth-order valence-corrected chi connectivity index (χ4v) is 11.1. The van der Waals surface area contributed by atoms with Gasteiger partial charge in [-0.15, -0.1) is 0 Å². The number of nitrogens with zero attached hydrogens (tertiary/aromatic N) is 10. The van der Waals surface area contributed by atoms with Crippen LogP contribution in [-0.2, 0) is 38.7 Å². The van der Waals surface area contributed by atoms with Crippen LogP contribution in [0.1, 0.15) is 214 Å². The molecule has 34 heteroatoms. The van der Waals surface area contributed by atoms with Gasteiger partial charge < -0.3 is 79.3 Å². The van der Waals surface area contributed by atoms with Crippen molar-refractivity contribution in [1.82, 2.24) is 48.9 Å². The fraction of sp³-hybridized carbons (Fsp3) is 0.315. The molecule has 0 atom stereocenters. The van der Waals surface area contributed by atoms with E-state index in [0.717, 1.165) is 55.8 Å². The number of hydrogen-bond donors (Lipinski definition) is 13. The summed E-state index contributed by atoms with van der Waals surface area (Å²) >= 11 is 0. The van der Waals surface area contributed by atoms with Crippen LogP contribution in [0, 0.1) is 18.6 Å². The van der Waals surface area contributed by atoms with Gasteiger partial charge in [0.1, 0.15) is 22.9 Å². The zero-order chi connectivity index (χ0) is 80.1. The second-order valence-corrected chi connectivity index (χ2v) is 25.6. The lowest BCUT2D eigenvalue weighted by atomic mass is 10.1. The Balaban J connectivity index is 0.000000210. The number of benzene rings is 5. The molecule has 5 aromatic carbocycles. The maximum absolute atomic E-state index is 14.7. The van der Waals surface area contributed by atoms with E-state index in [-0.39, 0.29) is 93.7 Å². The lowest BCUT2D eigenvalue weighted by molar-refractivity contribution is -0.140. The van der Waals surface area contributed by atoms with Gasteiger partial charge in [0, 0.05) is 19.6 Å². The molecule has 0 aliphatic carbocycles. The van der Waals surface area contributed by atoms with E-state index < -0.39 is 64.4 Å². The Hall–Kier alpha value is -12.2. The first-order valence-corrected chi connectivity index (χ1v) is 33.9. The van der Waals surface area contributed by atoms with Crippen molar-refractivity contribution < 1.29 is 50.7 Å². The van der Waals surface area contributed by atoms with E-state index in [2.05, 4.69) is 32.4 Å². The molecular formula is C73H94F5N23O6. The average Bonchev–Trinajstić information content (AvgIpc) is 1.70. The highest BCUT2D eigenvalue weighted by Crippen LogP contribution is 2.37. The normalized spacial score (nSPS) is 11.2. The van der Waals surface area contributed by atoms with Crippen LogP contribution in [-0.4, -0.2) is 85.0 Å². The molecule has 26 N–H and O–H groups in total. The molecule has 10 rings (SSSR count). The molecule has 0 aliphatic rings. The van der Waals surface area contributed by atoms with E-state index in [1.54, 1.807) is 37.3 Å². The Bertz CT molecular complexity index is 4720. The standard InChI is InChI=1S/C16H22FN5O2.C15H19FN4O.C15H21N5O.C15H20N4O.C12H12F3N5O/c1-4-24-11-6-9(7-18)5-10(17)14(11)22-15(16(20)23)12(19)13(21-22)8(2)3;1-4-9-5-6-11(10(16)7-9)20-14(15(18)21)12(17)13(19-20)8(2)3;1-8(2)13-12(17)14(15(18)21)20(19-13)11-5-4-10(7-16)6-9(11)3;1-4-10-5-7-11(8-6-10)19-14(15(17)20)12(16)13(18-19)9(2)3;13-12(14,15)10-8(17)9(11(18)21)20(19-10)7-3-1-6(5-16)2-4-7/h5-6,8H,4,7,18-19H2,1-3H3,(H2,20,23);5-8H,4,17H2,1-3H3,(H2,18,21);4-6,8H,7,16-17H2,1-3H3,(H2,18,21);5-9H,4,16H2,1-3H3,(H2,17,20);1-4H,5,16-17H2,(H2,18,21). The molecule has 0 fully saturated rings. The number of aryl methyl sites for hydroxylation is 3. The second kappa shape index (κ2) is 35.5. The molecule has 0 saturated heterocycles. The van der Waals surface area contributed by atoms with Gasteiger partial charge in [0.2, 0.25) is 0 Å². The fourth-order valence-electron chi connectivity index (χ4n) is 11.1. The number of primary amides is 5. The van der Waals surface area contributed by atoms with Crippen LogP contribution in [0.15, 0.2) is 97.1 Å². The van der Waals surface area contributed by atoms with E-state index in [1.165, 1.54) is 43.9 Å². The van der Waals surface area contributed by atoms with Gasteiger partial charge in [-0.3, -0.25) is 24.0 Å². The summed E-state index contributed by atoms with van der Waals surface area (Å²) in [6.45, 7) is 24.3. The van der Waals surface area contributed by atoms with Crippen molar-refractivity contribution in [2.75, 3.05) is 35.3 Å². The summed E-state index contributed by atoms with van der Waals surface area (Å²) in [6, 6.07) is 27.4. The Labute approximate surface area is 614 Å². The van der Waals surface area contributed by atoms with Gasteiger partial charge >= 0.3 is 6.18 Å². The van der Waals surface area contributed by atoms with Crippen molar-refractivity contribution in [3.8, 4) is 34.2 Å². The highest BCUT2D eigenvalue weighted by Gasteiger charge is 2.40. The number of carbonyl (C=O) groups excluding carboxylic acids is 5. The van der Waals surface area contributed by atoms with Crippen molar-refractivity contribution in [3.63, 3.8) is 0 Å². The third kappa shape index (κ3) is 18.9. The first kappa shape index (κ1) is 83.8. The predicted molar refractivity (Wildman–Crippen MR) is 402 cm³/mol. The number of halogens is 5. The van der Waals surface area contributed by atoms with Gasteiger partial charge in [-0.25, -0.2) is 32.2 Å². The predicted octanol–water partition coefficient (Wildman–Crippen LogP) is 8.77. The van der Waals surface area contributed by atoms with Crippen molar-refractivity contribution in [2.24, 2.45) is 45.9 Å². The summed E-state index contributed by atoms with van der Waals surface area (Å²) in [5, 5.41) is 20.9. The van der Waals surface area contributed by atoms with Gasteiger partial charge in [-0.1, -0.05) is 112 Å². The largest absolute Gasteiger partial charge is 0.491 e. The molecule has 0 radical (unpaired) electrons. The Morgan fingerprint density at radius 1 is 0.411 bits per heavy atom. The molecule has 0 saturated carbocycles. The van der Waals surface area contributed by atoms with E-state index in [0.29, 0.717) is 52.9 Å². The Morgan fingerprint density at radius 3 is 1.12 bits per heavy atom. The van der Waals surface area contributed by atoms with Crippen LogP contribution in [0.5, 0.6) is 5.75 Å². The van der Waals surface area contributed by atoms with Crippen molar-refractivity contribution in [2.45, 2.75) is 145 Å². The number of nitrogen functional groups attached to an aromatic ring is 5. The van der Waals surface area contributed by atoms with Crippen LogP contribution in [0.3, 0.4) is 0 Å². The molecule has 0 bridgehead atoms. The van der Waals surface area contributed by atoms with E-state index in [4.69, 9.17) is 79.3 Å². The van der Waals surface area contributed by atoms with Crippen molar-refractivity contribution in [1.29, 1.82) is 0 Å². The van der Waals surface area contributed by atoms with Crippen LogP contribution in [0.4, 0.5) is 50.4 Å². The number of carbonyl (C=O) groups is 5. The second-order valence-electron chi connectivity index (χ2n) is 25.6. The third-order valence-corrected chi connectivity index (χ3v) is 16.6. The van der Waals surface area contributed by atoms with E-state index >= 15 is 0 Å². The molecule has 10 aromatic rings. The summed E-state index contributed by atoms with van der Waals surface area (Å²) in [4.78, 5) is 58.3. The number of alkyl halides is 3. The van der Waals surface area contributed by atoms with Crippen LogP contribution in [0.25, 0.3) is 28.4 Å². The van der Waals surface area contributed by atoms with Gasteiger partial charge in [0.25, 0.3) is 29.5 Å². The topological polar surface area (TPSA) is 522 Å².